The van der Waals surface area contributed by atoms with E-state index in [2.05, 4.69) is 28.4 Å². The maximum atomic E-state index is 11.4. The first-order valence-corrected chi connectivity index (χ1v) is 7.71. The number of aryl methyl sites for hydroxylation is 3. The Hall–Kier alpha value is -2.49. The van der Waals surface area contributed by atoms with Crippen LogP contribution in [0.2, 0.25) is 0 Å². The quantitative estimate of drug-likeness (QED) is 0.648. The average molecular weight is 291 g/mol. The first kappa shape index (κ1) is 13.2. The minimum atomic E-state index is 0.384. The molecule has 2 heterocycles. The SMILES string of the molecule is Cc1cccn2c(N=O)c(-c3ccc4c(c3)CCCC4)nc12. The largest absolute Gasteiger partial charge is 0.281 e. The van der Waals surface area contributed by atoms with E-state index in [1.807, 2.05) is 25.3 Å². The Balaban J connectivity index is 1.94. The number of nitrogens with zero attached hydrogens (tertiary/aromatic N) is 3. The second-order valence-electron chi connectivity index (χ2n) is 5.95. The topological polar surface area (TPSA) is 46.7 Å². The summed E-state index contributed by atoms with van der Waals surface area (Å²) in [5.74, 6) is 0.384. The van der Waals surface area contributed by atoms with Gasteiger partial charge in [0.25, 0.3) is 0 Å². The minimum Gasteiger partial charge on any atom is -0.281 e. The molecule has 110 valence electrons. The molecule has 0 radical (unpaired) electrons. The van der Waals surface area contributed by atoms with Gasteiger partial charge in [-0.3, -0.25) is 4.40 Å². The molecular weight excluding hydrogens is 274 g/mol. The van der Waals surface area contributed by atoms with Gasteiger partial charge in [0.1, 0.15) is 11.3 Å². The Morgan fingerprint density at radius 3 is 2.77 bits per heavy atom. The third-order valence-corrected chi connectivity index (χ3v) is 4.53. The molecule has 0 saturated heterocycles. The van der Waals surface area contributed by atoms with Crippen molar-refractivity contribution in [3.63, 3.8) is 0 Å². The van der Waals surface area contributed by atoms with E-state index < -0.39 is 0 Å². The molecule has 0 atom stereocenters. The van der Waals surface area contributed by atoms with Gasteiger partial charge in [0, 0.05) is 11.8 Å². The van der Waals surface area contributed by atoms with Crippen LogP contribution in [0.3, 0.4) is 0 Å². The predicted octanol–water partition coefficient (Wildman–Crippen LogP) is 4.59. The smallest absolute Gasteiger partial charge is 0.209 e. The number of benzene rings is 1. The summed E-state index contributed by atoms with van der Waals surface area (Å²) >= 11 is 0. The third kappa shape index (κ3) is 1.95. The Morgan fingerprint density at radius 2 is 1.95 bits per heavy atom. The molecule has 3 aromatic rings. The fraction of sp³-hybridized carbons (Fsp3) is 0.278. The van der Waals surface area contributed by atoms with Gasteiger partial charge < -0.3 is 0 Å². The second kappa shape index (κ2) is 5.05. The number of rotatable bonds is 2. The van der Waals surface area contributed by atoms with E-state index in [4.69, 9.17) is 0 Å². The molecule has 1 aliphatic carbocycles. The molecule has 0 aliphatic heterocycles. The molecule has 4 nitrogen and oxygen atoms in total. The van der Waals surface area contributed by atoms with Crippen LogP contribution in [-0.2, 0) is 12.8 Å². The highest BCUT2D eigenvalue weighted by Crippen LogP contribution is 2.34. The van der Waals surface area contributed by atoms with Crippen molar-refractivity contribution in [1.82, 2.24) is 9.38 Å². The molecule has 0 unspecified atom stereocenters. The van der Waals surface area contributed by atoms with Crippen LogP contribution in [-0.4, -0.2) is 9.38 Å². The van der Waals surface area contributed by atoms with E-state index in [1.165, 1.54) is 24.0 Å². The lowest BCUT2D eigenvalue weighted by molar-refractivity contribution is 0.686. The number of hydrogen-bond acceptors (Lipinski definition) is 3. The van der Waals surface area contributed by atoms with Crippen molar-refractivity contribution in [2.75, 3.05) is 0 Å². The lowest BCUT2D eigenvalue weighted by atomic mass is 9.90. The standard InChI is InChI=1S/C18H17N3O/c1-12-5-4-10-21-17(12)19-16(18(21)20-22)15-9-8-13-6-2-3-7-14(13)11-15/h4-5,8-11H,2-3,6-7H2,1H3. The zero-order valence-electron chi connectivity index (χ0n) is 12.5. The molecule has 0 N–H and O–H groups in total. The van der Waals surface area contributed by atoms with Crippen LogP contribution >= 0.6 is 0 Å². The van der Waals surface area contributed by atoms with Crippen molar-refractivity contribution in [3.05, 3.63) is 58.1 Å². The molecule has 1 aromatic carbocycles. The van der Waals surface area contributed by atoms with Crippen molar-refractivity contribution < 1.29 is 0 Å². The number of pyridine rings is 1. The summed E-state index contributed by atoms with van der Waals surface area (Å²) in [6, 6.07) is 10.3. The fourth-order valence-electron chi connectivity index (χ4n) is 3.35. The number of fused-ring (bicyclic) bond motifs is 2. The van der Waals surface area contributed by atoms with Gasteiger partial charge in [-0.1, -0.05) is 18.2 Å². The summed E-state index contributed by atoms with van der Waals surface area (Å²) in [6.45, 7) is 1.99. The molecule has 0 saturated carbocycles. The Morgan fingerprint density at radius 1 is 1.14 bits per heavy atom. The predicted molar refractivity (Wildman–Crippen MR) is 87.5 cm³/mol. The van der Waals surface area contributed by atoms with Gasteiger partial charge in [0.2, 0.25) is 5.82 Å². The second-order valence-corrected chi connectivity index (χ2v) is 5.95. The molecule has 1 aliphatic rings. The molecule has 4 heteroatoms. The Labute approximate surface area is 128 Å². The molecule has 22 heavy (non-hydrogen) atoms. The molecule has 0 amide bonds. The fourth-order valence-corrected chi connectivity index (χ4v) is 3.35. The van der Waals surface area contributed by atoms with E-state index in [0.29, 0.717) is 11.5 Å². The molecule has 0 fully saturated rings. The third-order valence-electron chi connectivity index (χ3n) is 4.53. The molecule has 2 aromatic heterocycles. The van der Waals surface area contributed by atoms with Crippen LogP contribution in [0, 0.1) is 11.8 Å². The minimum absolute atomic E-state index is 0.384. The number of nitroso groups, excluding NO2 is 1. The van der Waals surface area contributed by atoms with Crippen LogP contribution in [0.1, 0.15) is 29.5 Å². The van der Waals surface area contributed by atoms with E-state index in [-0.39, 0.29) is 0 Å². The maximum Gasteiger partial charge on any atom is 0.209 e. The van der Waals surface area contributed by atoms with Crippen LogP contribution in [0.5, 0.6) is 0 Å². The summed E-state index contributed by atoms with van der Waals surface area (Å²) in [4.78, 5) is 16.0. The summed E-state index contributed by atoms with van der Waals surface area (Å²) < 4.78 is 1.77. The van der Waals surface area contributed by atoms with Gasteiger partial charge in [-0.15, -0.1) is 4.91 Å². The van der Waals surface area contributed by atoms with Gasteiger partial charge in [0.05, 0.1) is 0 Å². The van der Waals surface area contributed by atoms with Gasteiger partial charge in [0.15, 0.2) is 0 Å². The van der Waals surface area contributed by atoms with E-state index in [0.717, 1.165) is 29.6 Å². The summed E-state index contributed by atoms with van der Waals surface area (Å²) in [6.07, 6.45) is 6.60. The van der Waals surface area contributed by atoms with Crippen molar-refractivity contribution in [2.24, 2.45) is 5.18 Å². The van der Waals surface area contributed by atoms with Crippen molar-refractivity contribution in [1.29, 1.82) is 0 Å². The zero-order valence-corrected chi connectivity index (χ0v) is 12.5. The summed E-state index contributed by atoms with van der Waals surface area (Å²) in [5, 5.41) is 3.24. The van der Waals surface area contributed by atoms with Crippen LogP contribution in [0.4, 0.5) is 5.82 Å². The Bertz CT molecular complexity index is 879. The monoisotopic (exact) mass is 291 g/mol. The van der Waals surface area contributed by atoms with Gasteiger partial charge in [-0.25, -0.2) is 4.98 Å². The summed E-state index contributed by atoms with van der Waals surface area (Å²) in [5.41, 5.74) is 6.31. The molecule has 0 spiro atoms. The Kier molecular flexibility index (Phi) is 3.03. The van der Waals surface area contributed by atoms with E-state index >= 15 is 0 Å². The first-order chi connectivity index (χ1) is 10.8. The highest BCUT2D eigenvalue weighted by atomic mass is 16.3. The van der Waals surface area contributed by atoms with Crippen LogP contribution < -0.4 is 0 Å². The van der Waals surface area contributed by atoms with Crippen molar-refractivity contribution in [2.45, 2.75) is 32.6 Å². The van der Waals surface area contributed by atoms with Crippen LogP contribution in [0.15, 0.2) is 41.7 Å². The van der Waals surface area contributed by atoms with Gasteiger partial charge in [-0.2, -0.15) is 0 Å². The highest BCUT2D eigenvalue weighted by Gasteiger charge is 2.18. The lowest BCUT2D eigenvalue weighted by Crippen LogP contribution is -2.02. The van der Waals surface area contributed by atoms with Crippen molar-refractivity contribution >= 4 is 11.5 Å². The normalized spacial score (nSPS) is 14.0. The summed E-state index contributed by atoms with van der Waals surface area (Å²) in [7, 11) is 0. The lowest BCUT2D eigenvalue weighted by Gasteiger charge is -2.16. The van der Waals surface area contributed by atoms with Gasteiger partial charge in [-0.05, 0) is 66.6 Å². The zero-order chi connectivity index (χ0) is 15.1. The average Bonchev–Trinajstić information content (AvgIpc) is 2.94. The first-order valence-electron chi connectivity index (χ1n) is 7.71. The van der Waals surface area contributed by atoms with Crippen molar-refractivity contribution in [3.8, 4) is 11.3 Å². The van der Waals surface area contributed by atoms with Crippen LogP contribution in [0.25, 0.3) is 16.9 Å². The molecular formula is C18H17N3O. The number of imidazole rings is 1. The molecule has 4 rings (SSSR count). The highest BCUT2D eigenvalue weighted by molar-refractivity contribution is 5.76. The van der Waals surface area contributed by atoms with E-state index in [9.17, 15) is 4.91 Å². The number of hydrogen-bond donors (Lipinski definition) is 0. The van der Waals surface area contributed by atoms with Gasteiger partial charge >= 0.3 is 0 Å². The number of aromatic nitrogens is 2. The maximum absolute atomic E-state index is 11.4. The van der Waals surface area contributed by atoms with E-state index in [1.54, 1.807) is 4.40 Å². The molecule has 0 bridgehead atoms.